The lowest BCUT2D eigenvalue weighted by Crippen LogP contribution is -2.67. The van der Waals surface area contributed by atoms with Crippen LogP contribution in [0.15, 0.2) is 60.7 Å². The molecule has 0 spiro atoms. The van der Waals surface area contributed by atoms with Gasteiger partial charge >= 0.3 is 0 Å². The van der Waals surface area contributed by atoms with Crippen LogP contribution in [0.2, 0.25) is 5.04 Å². The van der Waals surface area contributed by atoms with Crippen LogP contribution in [-0.4, -0.2) is 51.4 Å². The molecule has 0 aromatic heterocycles. The van der Waals surface area contributed by atoms with Crippen molar-refractivity contribution in [2.75, 3.05) is 6.61 Å². The predicted molar refractivity (Wildman–Crippen MR) is 131 cm³/mol. The number of benzene rings is 2. The molecule has 2 fully saturated rings. The minimum absolute atomic E-state index is 0.183. The van der Waals surface area contributed by atoms with Gasteiger partial charge in [-0.3, -0.25) is 0 Å². The number of hydrogen-bond donors (Lipinski definition) is 0. The van der Waals surface area contributed by atoms with Gasteiger partial charge in [0.1, 0.15) is 36.6 Å². The Morgan fingerprint density at radius 1 is 1.03 bits per heavy atom. The Bertz CT molecular complexity index is 991. The third-order valence-electron chi connectivity index (χ3n) is 6.72. The van der Waals surface area contributed by atoms with Gasteiger partial charge in [-0.2, -0.15) is 5.26 Å². The number of fused-ring (bicyclic) bond motifs is 1. The first-order valence-corrected chi connectivity index (χ1v) is 13.6. The van der Waals surface area contributed by atoms with Crippen LogP contribution in [0.5, 0.6) is 0 Å². The van der Waals surface area contributed by atoms with Gasteiger partial charge in [-0.1, -0.05) is 81.4 Å². The van der Waals surface area contributed by atoms with Crippen molar-refractivity contribution in [2.45, 2.75) is 69.9 Å². The van der Waals surface area contributed by atoms with Crippen molar-refractivity contribution in [3.05, 3.63) is 60.7 Å². The van der Waals surface area contributed by atoms with Gasteiger partial charge in [-0.25, -0.2) is 0 Å². The second-order valence-corrected chi connectivity index (χ2v) is 14.8. The van der Waals surface area contributed by atoms with Crippen LogP contribution in [0.4, 0.5) is 0 Å². The number of carbonyl (C=O) groups excluding carboxylic acids is 1. The van der Waals surface area contributed by atoms with E-state index < -0.39 is 44.4 Å². The summed E-state index contributed by atoms with van der Waals surface area (Å²) in [6, 6.07) is 22.8. The van der Waals surface area contributed by atoms with E-state index in [4.69, 9.17) is 18.6 Å². The fourth-order valence-corrected chi connectivity index (χ4v) is 9.86. The topological polar surface area (TPSA) is 77.8 Å². The van der Waals surface area contributed by atoms with Crippen molar-refractivity contribution < 1.29 is 23.4 Å². The smallest absolute Gasteiger partial charge is 0.261 e. The molecule has 0 saturated carbocycles. The summed E-state index contributed by atoms with van der Waals surface area (Å²) in [4.78, 5) is 11.6. The molecule has 2 aromatic carbocycles. The number of ether oxygens (including phenoxy) is 3. The van der Waals surface area contributed by atoms with Crippen molar-refractivity contribution >= 4 is 25.0 Å². The Morgan fingerprint density at radius 3 is 2.03 bits per heavy atom. The van der Waals surface area contributed by atoms with Crippen LogP contribution in [0.3, 0.4) is 0 Å². The molecule has 0 radical (unpaired) electrons. The summed E-state index contributed by atoms with van der Waals surface area (Å²) in [6.45, 7) is 10.6. The molecule has 0 amide bonds. The SMILES string of the molecule is CC1(C)O[C@@H]2[C@@H](CO[Si](c3ccccc3)(c3ccccc3)C(C)(C)C)OC(C(C#N)C=O)[C@@H]2O1. The average molecular weight is 480 g/mol. The largest absolute Gasteiger partial charge is 0.405 e. The Morgan fingerprint density at radius 2 is 1.56 bits per heavy atom. The van der Waals surface area contributed by atoms with E-state index in [0.717, 1.165) is 0 Å². The van der Waals surface area contributed by atoms with E-state index in [2.05, 4.69) is 45.0 Å². The summed E-state index contributed by atoms with van der Waals surface area (Å²) >= 11 is 0. The lowest BCUT2D eigenvalue weighted by Gasteiger charge is -2.43. The van der Waals surface area contributed by atoms with Crippen LogP contribution < -0.4 is 10.4 Å². The second-order valence-electron chi connectivity index (χ2n) is 10.5. The fourth-order valence-electron chi connectivity index (χ4n) is 5.29. The van der Waals surface area contributed by atoms with E-state index in [0.29, 0.717) is 6.29 Å². The van der Waals surface area contributed by atoms with E-state index in [-0.39, 0.29) is 11.6 Å². The molecule has 0 aliphatic carbocycles. The van der Waals surface area contributed by atoms with Gasteiger partial charge in [0.05, 0.1) is 12.7 Å². The van der Waals surface area contributed by atoms with Gasteiger partial charge in [0.15, 0.2) is 5.79 Å². The number of nitrogens with zero attached hydrogens (tertiary/aromatic N) is 1. The summed E-state index contributed by atoms with van der Waals surface area (Å²) in [5.41, 5.74) is 0. The zero-order valence-corrected chi connectivity index (χ0v) is 21.4. The lowest BCUT2D eigenvalue weighted by atomic mass is 9.99. The van der Waals surface area contributed by atoms with Gasteiger partial charge in [-0.15, -0.1) is 0 Å². The van der Waals surface area contributed by atoms with Crippen molar-refractivity contribution in [3.63, 3.8) is 0 Å². The van der Waals surface area contributed by atoms with Crippen molar-refractivity contribution in [3.8, 4) is 6.07 Å². The van der Waals surface area contributed by atoms with Crippen LogP contribution in [-0.2, 0) is 23.4 Å². The Kier molecular flexibility index (Phi) is 6.82. The first-order chi connectivity index (χ1) is 16.1. The van der Waals surface area contributed by atoms with Gasteiger partial charge < -0.3 is 23.4 Å². The van der Waals surface area contributed by atoms with Crippen molar-refractivity contribution in [2.24, 2.45) is 5.92 Å². The minimum Gasteiger partial charge on any atom is -0.405 e. The minimum atomic E-state index is -2.77. The molecular formula is C27H33NO5Si. The maximum Gasteiger partial charge on any atom is 0.261 e. The van der Waals surface area contributed by atoms with Gasteiger partial charge in [0, 0.05) is 0 Å². The zero-order valence-electron chi connectivity index (χ0n) is 20.4. The van der Waals surface area contributed by atoms with Crippen LogP contribution >= 0.6 is 0 Å². The zero-order chi connectivity index (χ0) is 24.6. The van der Waals surface area contributed by atoms with Gasteiger partial charge in [-0.05, 0) is 29.3 Å². The first kappa shape index (κ1) is 24.8. The van der Waals surface area contributed by atoms with Crippen molar-refractivity contribution in [1.29, 1.82) is 5.26 Å². The van der Waals surface area contributed by atoms with Gasteiger partial charge in [0.25, 0.3) is 8.32 Å². The molecule has 5 atom stereocenters. The highest BCUT2D eigenvalue weighted by Gasteiger charge is 2.58. The average Bonchev–Trinajstić information content (AvgIpc) is 3.29. The van der Waals surface area contributed by atoms with Crippen molar-refractivity contribution in [1.82, 2.24) is 0 Å². The number of aldehydes is 1. The molecule has 7 heteroatoms. The predicted octanol–water partition coefficient (Wildman–Crippen LogP) is 3.19. The number of nitriles is 1. The van der Waals surface area contributed by atoms with E-state index in [9.17, 15) is 10.1 Å². The molecule has 0 bridgehead atoms. The maximum atomic E-state index is 11.6. The van der Waals surface area contributed by atoms with Crippen LogP contribution in [0.25, 0.3) is 0 Å². The molecule has 6 nitrogen and oxygen atoms in total. The Labute approximate surface area is 202 Å². The molecule has 2 heterocycles. The molecular weight excluding hydrogens is 446 g/mol. The molecule has 2 saturated heterocycles. The fraction of sp³-hybridized carbons (Fsp3) is 0.481. The normalized spacial score (nSPS) is 27.1. The number of rotatable bonds is 7. The van der Waals surface area contributed by atoms with E-state index in [1.54, 1.807) is 0 Å². The highest BCUT2D eigenvalue weighted by molar-refractivity contribution is 6.99. The monoisotopic (exact) mass is 479 g/mol. The Hall–Kier alpha value is -2.34. The molecule has 2 aliphatic rings. The highest BCUT2D eigenvalue weighted by Crippen LogP contribution is 2.42. The highest BCUT2D eigenvalue weighted by atomic mass is 28.4. The van der Waals surface area contributed by atoms with Crippen LogP contribution in [0.1, 0.15) is 34.6 Å². The molecule has 0 N–H and O–H groups in total. The molecule has 34 heavy (non-hydrogen) atoms. The third kappa shape index (κ3) is 4.37. The third-order valence-corrected chi connectivity index (χ3v) is 11.7. The summed E-state index contributed by atoms with van der Waals surface area (Å²) in [7, 11) is -2.77. The second kappa shape index (κ2) is 9.37. The first-order valence-electron chi connectivity index (χ1n) is 11.7. The van der Waals surface area contributed by atoms with Crippen LogP contribution in [0, 0.1) is 17.2 Å². The molecule has 4 rings (SSSR count). The van der Waals surface area contributed by atoms with E-state index in [1.807, 2.05) is 56.3 Å². The molecule has 2 unspecified atom stereocenters. The lowest BCUT2D eigenvalue weighted by molar-refractivity contribution is -0.192. The molecule has 2 aliphatic heterocycles. The number of hydrogen-bond acceptors (Lipinski definition) is 6. The quantitative estimate of drug-likeness (QED) is 0.448. The molecule has 2 aromatic rings. The summed E-state index contributed by atoms with van der Waals surface area (Å²) < 4.78 is 25.5. The maximum absolute atomic E-state index is 11.6. The van der Waals surface area contributed by atoms with E-state index in [1.165, 1.54) is 10.4 Å². The number of carbonyl (C=O) groups is 1. The molecule has 180 valence electrons. The van der Waals surface area contributed by atoms with E-state index >= 15 is 0 Å². The standard InChI is InChI=1S/C27H33NO5Si/c1-26(2,3)34(20-12-8-6-9-13-20,21-14-10-7-11-15-21)30-18-22-24-25(33-27(4,5)32-24)23(31-22)19(16-28)17-29/h6-15,17,19,22-25H,18H2,1-5H3/t19?,22-,23?,24-,25+/m1/s1. The summed E-state index contributed by atoms with van der Waals surface area (Å²) in [6.07, 6.45) is -1.45. The summed E-state index contributed by atoms with van der Waals surface area (Å²) in [5, 5.41) is 11.7. The Balaban J connectivity index is 1.71. The summed E-state index contributed by atoms with van der Waals surface area (Å²) in [5.74, 6) is -1.75. The van der Waals surface area contributed by atoms with Gasteiger partial charge in [0.2, 0.25) is 0 Å².